The lowest BCUT2D eigenvalue weighted by Gasteiger charge is -2.04. The van der Waals surface area contributed by atoms with E-state index in [1.165, 1.54) is 11.3 Å². The maximum atomic E-state index is 11.3. The lowest BCUT2D eigenvalue weighted by Crippen LogP contribution is -1.98. The molecule has 0 aliphatic carbocycles. The molecule has 18 heavy (non-hydrogen) atoms. The van der Waals surface area contributed by atoms with Crippen LogP contribution >= 0.6 is 11.3 Å². The van der Waals surface area contributed by atoms with Crippen molar-refractivity contribution in [3.8, 4) is 0 Å². The zero-order valence-corrected chi connectivity index (χ0v) is 10.9. The van der Waals surface area contributed by atoms with Gasteiger partial charge in [-0.3, -0.25) is 0 Å². The largest absolute Gasteiger partial charge is 0.478 e. The molecular formula is C15H14O2S. The Hall–Kier alpha value is -1.87. The maximum Gasteiger partial charge on any atom is 0.337 e. The van der Waals surface area contributed by atoms with Gasteiger partial charge in [-0.15, -0.1) is 11.3 Å². The van der Waals surface area contributed by atoms with Crippen LogP contribution in [0.1, 0.15) is 22.9 Å². The summed E-state index contributed by atoms with van der Waals surface area (Å²) < 4.78 is 0. The van der Waals surface area contributed by atoms with Crippen molar-refractivity contribution < 1.29 is 9.90 Å². The third kappa shape index (κ3) is 2.68. The van der Waals surface area contributed by atoms with Crippen molar-refractivity contribution in [2.24, 2.45) is 0 Å². The summed E-state index contributed by atoms with van der Waals surface area (Å²) in [5.41, 5.74) is 2.49. The zero-order valence-electron chi connectivity index (χ0n) is 10.1. The smallest absolute Gasteiger partial charge is 0.337 e. The molecule has 1 heterocycles. The standard InChI is InChI=1S/C15H14O2S/c1-2-11-6-3-4-7-12(11)10-13(15(16)17)14-8-5-9-18-14/h3-10H,2H2,1H3,(H,16,17). The van der Waals surface area contributed by atoms with Gasteiger partial charge in [-0.2, -0.15) is 0 Å². The maximum absolute atomic E-state index is 11.3. The second-order valence-corrected chi connectivity index (χ2v) is 4.84. The molecule has 0 saturated heterocycles. The molecule has 0 amide bonds. The number of aliphatic carboxylic acids is 1. The van der Waals surface area contributed by atoms with Gasteiger partial charge in [0.1, 0.15) is 0 Å². The van der Waals surface area contributed by atoms with Crippen molar-refractivity contribution in [3.63, 3.8) is 0 Å². The fourth-order valence-corrected chi connectivity index (χ4v) is 2.56. The molecule has 0 unspecified atom stereocenters. The first kappa shape index (κ1) is 12.6. The van der Waals surface area contributed by atoms with Crippen LogP contribution in [-0.2, 0) is 11.2 Å². The summed E-state index contributed by atoms with van der Waals surface area (Å²) >= 11 is 1.44. The van der Waals surface area contributed by atoms with Crippen LogP contribution in [0.15, 0.2) is 41.8 Å². The first-order valence-electron chi connectivity index (χ1n) is 5.79. The van der Waals surface area contributed by atoms with E-state index in [9.17, 15) is 9.90 Å². The molecule has 0 bridgehead atoms. The molecule has 0 aliphatic heterocycles. The summed E-state index contributed by atoms with van der Waals surface area (Å²) in [5, 5.41) is 11.2. The topological polar surface area (TPSA) is 37.3 Å². The molecule has 0 spiro atoms. The molecule has 92 valence electrons. The Morgan fingerprint density at radius 3 is 2.67 bits per heavy atom. The van der Waals surface area contributed by atoms with Crippen LogP contribution in [0.25, 0.3) is 11.6 Å². The van der Waals surface area contributed by atoms with Gasteiger partial charge in [0.25, 0.3) is 0 Å². The fraction of sp³-hybridized carbons (Fsp3) is 0.133. The number of carboxylic acids is 1. The first-order chi connectivity index (χ1) is 8.72. The van der Waals surface area contributed by atoms with Gasteiger partial charge in [-0.05, 0) is 35.1 Å². The van der Waals surface area contributed by atoms with E-state index in [4.69, 9.17) is 0 Å². The highest BCUT2D eigenvalue weighted by molar-refractivity contribution is 7.11. The van der Waals surface area contributed by atoms with Crippen molar-refractivity contribution in [2.75, 3.05) is 0 Å². The van der Waals surface area contributed by atoms with Crippen molar-refractivity contribution in [3.05, 3.63) is 57.8 Å². The minimum atomic E-state index is -0.886. The number of benzene rings is 1. The molecule has 2 nitrogen and oxygen atoms in total. The monoisotopic (exact) mass is 258 g/mol. The normalized spacial score (nSPS) is 11.5. The molecule has 0 aliphatic rings. The number of thiophene rings is 1. The van der Waals surface area contributed by atoms with Gasteiger partial charge in [0.15, 0.2) is 0 Å². The van der Waals surface area contributed by atoms with Crippen LogP contribution < -0.4 is 0 Å². The second-order valence-electron chi connectivity index (χ2n) is 3.89. The lowest BCUT2D eigenvalue weighted by molar-refractivity contribution is -0.130. The van der Waals surface area contributed by atoms with Gasteiger partial charge < -0.3 is 5.11 Å². The molecule has 3 heteroatoms. The van der Waals surface area contributed by atoms with Gasteiger partial charge in [-0.1, -0.05) is 37.3 Å². The van der Waals surface area contributed by atoms with Gasteiger partial charge in [0.05, 0.1) is 5.57 Å². The lowest BCUT2D eigenvalue weighted by atomic mass is 10.0. The number of rotatable bonds is 4. The van der Waals surface area contributed by atoms with Gasteiger partial charge in [0.2, 0.25) is 0 Å². The molecule has 0 radical (unpaired) electrons. The molecule has 0 atom stereocenters. The van der Waals surface area contributed by atoms with Crippen LogP contribution in [0.4, 0.5) is 0 Å². The predicted octanol–water partition coefficient (Wildman–Crippen LogP) is 3.94. The summed E-state index contributed by atoms with van der Waals surface area (Å²) in [4.78, 5) is 12.1. The number of hydrogen-bond donors (Lipinski definition) is 1. The van der Waals surface area contributed by atoms with E-state index in [0.717, 1.165) is 22.4 Å². The Balaban J connectivity index is 2.49. The van der Waals surface area contributed by atoms with E-state index in [-0.39, 0.29) is 0 Å². The molecule has 1 aromatic heterocycles. The van der Waals surface area contributed by atoms with E-state index in [1.807, 2.05) is 41.8 Å². The van der Waals surface area contributed by atoms with E-state index in [1.54, 1.807) is 6.08 Å². The van der Waals surface area contributed by atoms with Crippen molar-refractivity contribution in [2.45, 2.75) is 13.3 Å². The Morgan fingerprint density at radius 1 is 1.28 bits per heavy atom. The number of carbonyl (C=O) groups is 1. The Kier molecular flexibility index (Phi) is 3.95. The van der Waals surface area contributed by atoms with E-state index < -0.39 is 5.97 Å². The highest BCUT2D eigenvalue weighted by Gasteiger charge is 2.12. The number of aryl methyl sites for hydroxylation is 1. The third-order valence-corrected chi connectivity index (χ3v) is 3.66. The predicted molar refractivity (Wildman–Crippen MR) is 75.6 cm³/mol. The van der Waals surface area contributed by atoms with Crippen LogP contribution in [0, 0.1) is 0 Å². The highest BCUT2D eigenvalue weighted by atomic mass is 32.1. The molecule has 1 N–H and O–H groups in total. The molecule has 0 fully saturated rings. The summed E-state index contributed by atoms with van der Waals surface area (Å²) in [6.07, 6.45) is 2.65. The third-order valence-electron chi connectivity index (χ3n) is 2.75. The zero-order chi connectivity index (χ0) is 13.0. The van der Waals surface area contributed by atoms with E-state index in [2.05, 4.69) is 6.92 Å². The van der Waals surface area contributed by atoms with Gasteiger partial charge in [-0.25, -0.2) is 4.79 Å². The minimum Gasteiger partial charge on any atom is -0.478 e. The number of hydrogen-bond acceptors (Lipinski definition) is 2. The average Bonchev–Trinajstić information content (AvgIpc) is 2.89. The van der Waals surface area contributed by atoms with Crippen LogP contribution in [0.2, 0.25) is 0 Å². The Morgan fingerprint density at radius 2 is 2.06 bits per heavy atom. The number of carboxylic acid groups (broad SMARTS) is 1. The molecule has 1 aromatic carbocycles. The van der Waals surface area contributed by atoms with Crippen molar-refractivity contribution >= 4 is 29.0 Å². The molecule has 2 rings (SSSR count). The van der Waals surface area contributed by atoms with E-state index >= 15 is 0 Å². The van der Waals surface area contributed by atoms with Crippen LogP contribution in [0.5, 0.6) is 0 Å². The van der Waals surface area contributed by atoms with Crippen LogP contribution in [0.3, 0.4) is 0 Å². The summed E-state index contributed by atoms with van der Waals surface area (Å²) in [7, 11) is 0. The summed E-state index contributed by atoms with van der Waals surface area (Å²) in [6, 6.07) is 11.6. The fourth-order valence-electron chi connectivity index (χ4n) is 1.82. The SMILES string of the molecule is CCc1ccccc1C=C(C(=O)O)c1cccs1. The Bertz CT molecular complexity index is 568. The van der Waals surface area contributed by atoms with Gasteiger partial charge in [0, 0.05) is 4.88 Å². The van der Waals surface area contributed by atoms with E-state index in [0.29, 0.717) is 5.57 Å². The van der Waals surface area contributed by atoms with Gasteiger partial charge >= 0.3 is 5.97 Å². The molecule has 2 aromatic rings. The van der Waals surface area contributed by atoms with Crippen molar-refractivity contribution in [1.82, 2.24) is 0 Å². The minimum absolute atomic E-state index is 0.353. The first-order valence-corrected chi connectivity index (χ1v) is 6.67. The van der Waals surface area contributed by atoms with Crippen LogP contribution in [-0.4, -0.2) is 11.1 Å². The highest BCUT2D eigenvalue weighted by Crippen LogP contribution is 2.24. The Labute approximate surface area is 110 Å². The summed E-state index contributed by atoms with van der Waals surface area (Å²) in [6.45, 7) is 2.07. The average molecular weight is 258 g/mol. The van der Waals surface area contributed by atoms with Crippen molar-refractivity contribution in [1.29, 1.82) is 0 Å². The summed E-state index contributed by atoms with van der Waals surface area (Å²) in [5.74, 6) is -0.886. The second kappa shape index (κ2) is 5.65. The molecule has 0 saturated carbocycles. The quantitative estimate of drug-likeness (QED) is 0.843. The molecular weight excluding hydrogens is 244 g/mol.